The summed E-state index contributed by atoms with van der Waals surface area (Å²) in [6.07, 6.45) is 0. The molecule has 9 nitrogen and oxygen atoms in total. The number of aryl methyl sites for hydroxylation is 1. The van der Waals surface area contributed by atoms with Crippen LogP contribution < -0.4 is 0 Å². The van der Waals surface area contributed by atoms with E-state index in [4.69, 9.17) is 0 Å². The Morgan fingerprint density at radius 2 is 1.38 bits per heavy atom. The lowest BCUT2D eigenvalue weighted by Crippen LogP contribution is -2.04. The Morgan fingerprint density at radius 1 is 0.692 bits per heavy atom. The lowest BCUT2D eigenvalue weighted by Gasteiger charge is -1.92. The average Bonchev–Trinajstić information content (AvgIpc) is 2.19. The molecule has 0 fully saturated rings. The highest BCUT2D eigenvalue weighted by Gasteiger charge is 2.06. The van der Waals surface area contributed by atoms with Crippen molar-refractivity contribution in [3.8, 4) is 11.6 Å². The fourth-order valence-corrected chi connectivity index (χ4v) is 0.674. The molecule has 0 bridgehead atoms. The van der Waals surface area contributed by atoms with Crippen LogP contribution in [0.4, 0.5) is 0 Å². The van der Waals surface area contributed by atoms with Gasteiger partial charge in [0, 0.05) is 0 Å². The van der Waals surface area contributed by atoms with Gasteiger partial charge in [0.25, 0.3) is 0 Å². The molecule has 9 heteroatoms. The molecule has 0 saturated heterocycles. The molecule has 2 aromatic heterocycles. The molecule has 64 valence electrons. The predicted octanol–water partition coefficient (Wildman–Crippen LogP) is -1.78. The molecular weight excluding hydrogens is 174 g/mol. The molecule has 0 aliphatic heterocycles. The molecule has 2 heterocycles. The van der Waals surface area contributed by atoms with E-state index >= 15 is 0 Å². The highest BCUT2D eigenvalue weighted by molar-refractivity contribution is 5.38. The van der Waals surface area contributed by atoms with Crippen molar-refractivity contribution in [1.82, 2.24) is 46.2 Å². The second kappa shape index (κ2) is 3.05. The van der Waals surface area contributed by atoms with Crippen LogP contribution in [0.3, 0.4) is 0 Å². The zero-order valence-electron chi connectivity index (χ0n) is 6.52. The molecule has 0 N–H and O–H groups in total. The van der Waals surface area contributed by atoms with Crippen LogP contribution in [0.25, 0.3) is 11.6 Å². The third kappa shape index (κ3) is 1.52. The average molecular weight is 177 g/mol. The van der Waals surface area contributed by atoms with Gasteiger partial charge in [0.05, 0.1) is 0 Å². The number of rotatable bonds is 1. The first-order chi connectivity index (χ1) is 6.36. The standard InChI is InChI=1S/C4H3N9/c1-2-5-3(7-10-6-2)4-8-11-13-12-9-4/h1H3. The van der Waals surface area contributed by atoms with Gasteiger partial charge in [0.1, 0.15) is 0 Å². The summed E-state index contributed by atoms with van der Waals surface area (Å²) in [4.78, 5) is 3.93. The quantitative estimate of drug-likeness (QED) is 0.498. The Hall–Kier alpha value is -2.19. The normalized spacial score (nSPS) is 9.92. The maximum atomic E-state index is 3.93. The minimum absolute atomic E-state index is 0.174. The molecule has 0 aliphatic carbocycles. The van der Waals surface area contributed by atoms with Crippen molar-refractivity contribution in [3.63, 3.8) is 0 Å². The predicted molar refractivity (Wildman–Crippen MR) is 36.8 cm³/mol. The summed E-state index contributed by atoms with van der Waals surface area (Å²) in [5, 5.41) is 27.5. The molecule has 0 radical (unpaired) electrons. The van der Waals surface area contributed by atoms with Gasteiger partial charge in [-0.05, 0) is 27.8 Å². The third-order valence-corrected chi connectivity index (χ3v) is 1.16. The Balaban J connectivity index is 2.48. The lowest BCUT2D eigenvalue weighted by atomic mass is 10.6. The second-order valence-electron chi connectivity index (χ2n) is 2.06. The van der Waals surface area contributed by atoms with Crippen LogP contribution in [0.1, 0.15) is 5.82 Å². The topological polar surface area (TPSA) is 116 Å². The van der Waals surface area contributed by atoms with Crippen LogP contribution in [-0.4, -0.2) is 46.2 Å². The highest BCUT2D eigenvalue weighted by atomic mass is 15.5. The summed E-state index contributed by atoms with van der Waals surface area (Å²) in [6, 6.07) is 0. The van der Waals surface area contributed by atoms with Gasteiger partial charge in [-0.2, -0.15) is 0 Å². The zero-order chi connectivity index (χ0) is 9.10. The molecule has 0 atom stereocenters. The largest absolute Gasteiger partial charge is 0.246 e. The van der Waals surface area contributed by atoms with Gasteiger partial charge >= 0.3 is 0 Å². The van der Waals surface area contributed by atoms with Crippen LogP contribution in [0.15, 0.2) is 0 Å². The molecule has 0 spiro atoms. The van der Waals surface area contributed by atoms with Crippen molar-refractivity contribution in [1.29, 1.82) is 0 Å². The SMILES string of the molecule is Cc1nnnc(-c2nnnnn2)n1. The van der Waals surface area contributed by atoms with Crippen molar-refractivity contribution in [2.24, 2.45) is 0 Å². The Morgan fingerprint density at radius 3 is 2.08 bits per heavy atom. The summed E-state index contributed by atoms with van der Waals surface area (Å²) in [5.41, 5.74) is 0. The second-order valence-corrected chi connectivity index (χ2v) is 2.06. The Kier molecular flexibility index (Phi) is 1.75. The van der Waals surface area contributed by atoms with Gasteiger partial charge in [-0.15, -0.1) is 20.4 Å². The van der Waals surface area contributed by atoms with E-state index in [1.54, 1.807) is 6.92 Å². The van der Waals surface area contributed by atoms with Gasteiger partial charge in [0.2, 0.25) is 11.6 Å². The number of hydrogen-bond donors (Lipinski definition) is 0. The van der Waals surface area contributed by atoms with Crippen molar-refractivity contribution in [2.45, 2.75) is 6.92 Å². The minimum atomic E-state index is 0.174. The van der Waals surface area contributed by atoms with E-state index < -0.39 is 0 Å². The van der Waals surface area contributed by atoms with Crippen LogP contribution in [0, 0.1) is 6.92 Å². The van der Waals surface area contributed by atoms with Gasteiger partial charge < -0.3 is 0 Å². The summed E-state index contributed by atoms with van der Waals surface area (Å²) in [7, 11) is 0. The van der Waals surface area contributed by atoms with Crippen molar-refractivity contribution in [2.75, 3.05) is 0 Å². The van der Waals surface area contributed by atoms with Crippen LogP contribution in [0.2, 0.25) is 0 Å². The summed E-state index contributed by atoms with van der Waals surface area (Å²) >= 11 is 0. The number of nitrogens with zero attached hydrogens (tertiary/aromatic N) is 9. The molecule has 0 aliphatic rings. The molecule has 13 heavy (non-hydrogen) atoms. The van der Waals surface area contributed by atoms with Crippen molar-refractivity contribution >= 4 is 0 Å². The van der Waals surface area contributed by atoms with E-state index in [-0.39, 0.29) is 11.6 Å². The third-order valence-electron chi connectivity index (χ3n) is 1.16. The molecule has 2 aromatic rings. The van der Waals surface area contributed by atoms with Gasteiger partial charge in [0.15, 0.2) is 5.82 Å². The Labute approximate surface area is 71.6 Å². The Bertz CT molecular complexity index is 399. The van der Waals surface area contributed by atoms with E-state index in [1.807, 2.05) is 0 Å². The van der Waals surface area contributed by atoms with E-state index in [0.717, 1.165) is 0 Å². The molecule has 0 amide bonds. The maximum Gasteiger partial charge on any atom is 0.246 e. The first-order valence-corrected chi connectivity index (χ1v) is 3.29. The smallest absolute Gasteiger partial charge is 0.207 e. The fraction of sp³-hybridized carbons (Fsp3) is 0.250. The molecule has 2 rings (SSSR count). The van der Waals surface area contributed by atoms with Gasteiger partial charge in [-0.1, -0.05) is 0 Å². The van der Waals surface area contributed by atoms with Crippen molar-refractivity contribution in [3.05, 3.63) is 5.82 Å². The maximum absolute atomic E-state index is 3.93. The van der Waals surface area contributed by atoms with Crippen LogP contribution >= 0.6 is 0 Å². The fourth-order valence-electron chi connectivity index (χ4n) is 0.674. The number of aromatic nitrogens is 9. The van der Waals surface area contributed by atoms with Crippen LogP contribution in [-0.2, 0) is 0 Å². The molecule has 0 saturated carbocycles. The molecule has 0 aromatic carbocycles. The lowest BCUT2D eigenvalue weighted by molar-refractivity contribution is 0.675. The van der Waals surface area contributed by atoms with Crippen molar-refractivity contribution < 1.29 is 0 Å². The van der Waals surface area contributed by atoms with E-state index in [9.17, 15) is 0 Å². The van der Waals surface area contributed by atoms with Gasteiger partial charge in [-0.3, -0.25) is 0 Å². The first kappa shape index (κ1) is 7.46. The van der Waals surface area contributed by atoms with Gasteiger partial charge in [-0.25, -0.2) is 4.98 Å². The molecular formula is C4H3N9. The summed E-state index contributed by atoms with van der Waals surface area (Å²) < 4.78 is 0. The van der Waals surface area contributed by atoms with E-state index in [2.05, 4.69) is 46.2 Å². The first-order valence-electron chi connectivity index (χ1n) is 3.29. The summed E-state index contributed by atoms with van der Waals surface area (Å²) in [6.45, 7) is 1.68. The zero-order valence-corrected chi connectivity index (χ0v) is 6.52. The monoisotopic (exact) mass is 177 g/mol. The number of hydrogen-bond acceptors (Lipinski definition) is 9. The van der Waals surface area contributed by atoms with E-state index in [1.165, 1.54) is 0 Å². The van der Waals surface area contributed by atoms with E-state index in [0.29, 0.717) is 5.82 Å². The van der Waals surface area contributed by atoms with Crippen LogP contribution in [0.5, 0.6) is 0 Å². The minimum Gasteiger partial charge on any atom is -0.207 e. The molecule has 0 unspecified atom stereocenters. The highest BCUT2D eigenvalue weighted by Crippen LogP contribution is 2.01. The summed E-state index contributed by atoms with van der Waals surface area (Å²) in [5.74, 6) is 0.883.